The van der Waals surface area contributed by atoms with E-state index in [0.717, 1.165) is 54.5 Å². The number of carbonyl (C=O) groups is 1. The lowest BCUT2D eigenvalue weighted by Gasteiger charge is -2.39. The quantitative estimate of drug-likeness (QED) is 0.275. The van der Waals surface area contributed by atoms with Crippen molar-refractivity contribution < 1.29 is 13.9 Å². The second-order valence-electron chi connectivity index (χ2n) is 12.8. The van der Waals surface area contributed by atoms with E-state index in [1.165, 1.54) is 35.6 Å². The van der Waals surface area contributed by atoms with Gasteiger partial charge in [0.15, 0.2) is 0 Å². The predicted molar refractivity (Wildman–Crippen MR) is 170 cm³/mol. The minimum absolute atomic E-state index is 0.159. The summed E-state index contributed by atoms with van der Waals surface area (Å²) in [6.07, 6.45) is 7.55. The number of anilines is 1. The van der Waals surface area contributed by atoms with Gasteiger partial charge in [0.2, 0.25) is 12.5 Å². The van der Waals surface area contributed by atoms with Gasteiger partial charge in [-0.1, -0.05) is 30.8 Å². The zero-order valence-corrected chi connectivity index (χ0v) is 25.2. The summed E-state index contributed by atoms with van der Waals surface area (Å²) in [5.41, 5.74) is 5.72. The van der Waals surface area contributed by atoms with Gasteiger partial charge in [0.05, 0.1) is 11.1 Å². The third kappa shape index (κ3) is 5.19. The van der Waals surface area contributed by atoms with E-state index in [1.54, 1.807) is 4.90 Å². The molecule has 3 aromatic rings. The maximum absolute atomic E-state index is 14.5. The van der Waals surface area contributed by atoms with Crippen LogP contribution in [0.25, 0.3) is 26.9 Å². The summed E-state index contributed by atoms with van der Waals surface area (Å²) in [6, 6.07) is 13.0. The monoisotopic (exact) mass is 594 g/mol. The summed E-state index contributed by atoms with van der Waals surface area (Å²) >= 11 is 0. The first-order chi connectivity index (χ1) is 21.5. The van der Waals surface area contributed by atoms with Crippen molar-refractivity contribution in [2.24, 2.45) is 0 Å². The second-order valence-corrected chi connectivity index (χ2v) is 12.8. The van der Waals surface area contributed by atoms with Gasteiger partial charge in [-0.2, -0.15) is 9.97 Å². The molecular formula is C35H39FN6O2. The van der Waals surface area contributed by atoms with E-state index in [-0.39, 0.29) is 30.0 Å². The highest BCUT2D eigenvalue weighted by molar-refractivity contribution is 5.93. The number of aromatic nitrogens is 2. The van der Waals surface area contributed by atoms with Gasteiger partial charge in [0.25, 0.3) is 0 Å². The molecule has 1 unspecified atom stereocenters. The lowest BCUT2D eigenvalue weighted by molar-refractivity contribution is -0.128. The number of amides is 1. The van der Waals surface area contributed by atoms with Crippen molar-refractivity contribution >= 4 is 22.6 Å². The summed E-state index contributed by atoms with van der Waals surface area (Å²) in [5.74, 6) is 0.580. The molecule has 2 aromatic carbocycles. The third-order valence-corrected chi connectivity index (χ3v) is 10.1. The fourth-order valence-electron chi connectivity index (χ4n) is 7.98. The molecule has 0 radical (unpaired) electrons. The molecule has 3 atom stereocenters. The average molecular weight is 595 g/mol. The molecule has 0 N–H and O–H groups in total. The number of carbonyl (C=O) groups excluding carboxylic acids is 1. The summed E-state index contributed by atoms with van der Waals surface area (Å²) in [6.45, 7) is 14.6. The number of nitrogens with zero attached hydrogens (tertiary/aromatic N) is 6. The van der Waals surface area contributed by atoms with Crippen molar-refractivity contribution in [2.75, 3.05) is 50.8 Å². The Hall–Kier alpha value is -4.03. The van der Waals surface area contributed by atoms with E-state index in [4.69, 9.17) is 21.3 Å². The Morgan fingerprint density at radius 2 is 2.02 bits per heavy atom. The van der Waals surface area contributed by atoms with Crippen LogP contribution in [0.15, 0.2) is 49.1 Å². The van der Waals surface area contributed by atoms with E-state index in [9.17, 15) is 9.18 Å². The maximum atomic E-state index is 14.5. The molecule has 8 nitrogen and oxygen atoms in total. The van der Waals surface area contributed by atoms with Crippen molar-refractivity contribution in [3.8, 4) is 17.1 Å². The Labute approximate surface area is 258 Å². The molecule has 9 heteroatoms. The highest BCUT2D eigenvalue weighted by Gasteiger charge is 2.49. The van der Waals surface area contributed by atoms with Crippen LogP contribution in [0.3, 0.4) is 0 Å². The second kappa shape index (κ2) is 11.8. The van der Waals surface area contributed by atoms with E-state index < -0.39 is 6.17 Å². The van der Waals surface area contributed by atoms with E-state index in [1.807, 2.05) is 0 Å². The van der Waals surface area contributed by atoms with Gasteiger partial charge in [-0.25, -0.2) is 11.0 Å². The fourth-order valence-corrected chi connectivity index (χ4v) is 7.98. The summed E-state index contributed by atoms with van der Waals surface area (Å²) < 4.78 is 20.9. The topological polar surface area (TPSA) is 66.2 Å². The molecule has 0 bridgehead atoms. The van der Waals surface area contributed by atoms with Gasteiger partial charge >= 0.3 is 6.01 Å². The lowest BCUT2D eigenvalue weighted by atomic mass is 9.86. The van der Waals surface area contributed by atoms with Gasteiger partial charge in [-0.15, -0.1) is 0 Å². The molecule has 0 spiro atoms. The van der Waals surface area contributed by atoms with Crippen LogP contribution in [0, 0.1) is 6.57 Å². The normalized spacial score (nSPS) is 25.0. The molecule has 1 aromatic heterocycles. The number of benzene rings is 2. The van der Waals surface area contributed by atoms with E-state index in [0.29, 0.717) is 39.2 Å². The smallest absolute Gasteiger partial charge is 0.319 e. The van der Waals surface area contributed by atoms with Gasteiger partial charge < -0.3 is 19.4 Å². The van der Waals surface area contributed by atoms with Gasteiger partial charge in [0.1, 0.15) is 24.6 Å². The predicted octanol–water partition coefficient (Wildman–Crippen LogP) is 5.25. The number of fused-ring (bicyclic) bond motifs is 3. The number of alkyl halides is 1. The molecular weight excluding hydrogens is 555 g/mol. The van der Waals surface area contributed by atoms with Crippen LogP contribution in [0.4, 0.5) is 10.2 Å². The lowest BCUT2D eigenvalue weighted by Crippen LogP contribution is -2.56. The number of hydrogen-bond acceptors (Lipinski definition) is 6. The van der Waals surface area contributed by atoms with Gasteiger partial charge in [0, 0.05) is 38.0 Å². The standard InChI is InChI=1S/C35H39FN6O2/c1-3-32(43)42-17-16-40(22-27(42)20-37-2)33-30-13-12-25(29-11-6-9-24-8-4-5-10-28(24)29)18-31(30)38-34(39-33)44-23-35-14-7-15-41(35)21-26(36)19-35/h3,6,9,11-13,18,26-27H,1,4-5,7-8,10,14-17,19-23H2/t26-,27+,35?/m1/s1. The molecule has 44 heavy (non-hydrogen) atoms. The van der Waals surface area contributed by atoms with E-state index in [2.05, 4.69) is 57.6 Å². The first kappa shape index (κ1) is 28.7. The Balaban J connectivity index is 1.27. The van der Waals surface area contributed by atoms with Crippen molar-refractivity contribution in [3.63, 3.8) is 0 Å². The highest BCUT2D eigenvalue weighted by Crippen LogP contribution is 2.41. The number of aryl methyl sites for hydroxylation is 1. The zero-order valence-electron chi connectivity index (χ0n) is 25.2. The first-order valence-electron chi connectivity index (χ1n) is 15.9. The number of piperazine rings is 1. The van der Waals surface area contributed by atoms with Crippen LogP contribution < -0.4 is 9.64 Å². The Morgan fingerprint density at radius 3 is 2.89 bits per heavy atom. The molecule has 4 heterocycles. The highest BCUT2D eigenvalue weighted by atomic mass is 19.1. The molecule has 1 amide bonds. The van der Waals surface area contributed by atoms with Crippen molar-refractivity contribution in [1.29, 1.82) is 0 Å². The minimum Gasteiger partial charge on any atom is -0.461 e. The molecule has 228 valence electrons. The zero-order chi connectivity index (χ0) is 30.3. The number of rotatable bonds is 7. The van der Waals surface area contributed by atoms with Crippen LogP contribution in [0.1, 0.15) is 43.2 Å². The van der Waals surface area contributed by atoms with Gasteiger partial charge in [-0.05, 0) is 85.5 Å². The van der Waals surface area contributed by atoms with Crippen molar-refractivity contribution in [3.05, 3.63) is 71.6 Å². The Bertz CT molecular complexity index is 1640. The summed E-state index contributed by atoms with van der Waals surface area (Å²) in [7, 11) is 0. The molecule has 3 fully saturated rings. The molecule has 3 saturated heterocycles. The largest absolute Gasteiger partial charge is 0.461 e. The van der Waals surface area contributed by atoms with Crippen LogP contribution in [-0.4, -0.2) is 89.3 Å². The third-order valence-electron chi connectivity index (χ3n) is 10.1. The van der Waals surface area contributed by atoms with Gasteiger partial charge in [-0.3, -0.25) is 9.69 Å². The van der Waals surface area contributed by atoms with E-state index >= 15 is 0 Å². The molecule has 3 aliphatic heterocycles. The molecule has 7 rings (SSSR count). The maximum Gasteiger partial charge on any atom is 0.319 e. The van der Waals surface area contributed by atoms with Crippen LogP contribution in [-0.2, 0) is 17.6 Å². The SMILES string of the molecule is [C-]#[N+]C[C@H]1CN(c2nc(OCC34CCCN3C[C@H](F)C4)nc3cc(-c4cccc5c4CCCC5)ccc23)CCN1C(=O)C=C. The molecule has 4 aliphatic rings. The fraction of sp³-hybridized carbons (Fsp3) is 0.486. The first-order valence-corrected chi connectivity index (χ1v) is 15.9. The number of hydrogen-bond donors (Lipinski definition) is 0. The van der Waals surface area contributed by atoms with Crippen molar-refractivity contribution in [2.45, 2.75) is 62.7 Å². The van der Waals surface area contributed by atoms with Crippen LogP contribution in [0.2, 0.25) is 0 Å². The average Bonchev–Trinajstić information content (AvgIpc) is 3.58. The van der Waals surface area contributed by atoms with Crippen LogP contribution in [0.5, 0.6) is 6.01 Å². The number of ether oxygens (including phenoxy) is 1. The number of halogens is 1. The summed E-state index contributed by atoms with van der Waals surface area (Å²) in [5, 5.41) is 0.904. The minimum atomic E-state index is -0.833. The molecule has 1 aliphatic carbocycles. The Morgan fingerprint density at radius 1 is 1.14 bits per heavy atom. The van der Waals surface area contributed by atoms with Crippen molar-refractivity contribution in [1.82, 2.24) is 19.8 Å². The van der Waals surface area contributed by atoms with Crippen LogP contribution >= 0.6 is 0 Å². The Kier molecular flexibility index (Phi) is 7.71. The molecule has 0 saturated carbocycles. The summed E-state index contributed by atoms with van der Waals surface area (Å²) in [4.78, 5) is 32.2.